The normalized spacial score (nSPS) is 12.0. The van der Waals surface area contributed by atoms with E-state index in [1.165, 1.54) is 0 Å². The monoisotopic (exact) mass is 111 g/mol. The average molecular weight is 111 g/mol. The molecule has 8 heavy (non-hydrogen) atoms. The lowest BCUT2D eigenvalue weighted by molar-refractivity contribution is -0.114. The van der Waals surface area contributed by atoms with Crippen molar-refractivity contribution in [2.75, 3.05) is 6.61 Å². The molecule has 0 amide bonds. The molecule has 2 nitrogen and oxygen atoms in total. The highest BCUT2D eigenvalue weighted by Crippen LogP contribution is 1.80. The minimum Gasteiger partial charge on any atom is -0.358 e. The highest BCUT2D eigenvalue weighted by atomic mass is 16.5. The van der Waals surface area contributed by atoms with Gasteiger partial charge in [-0.05, 0) is 6.92 Å². The second-order valence-electron chi connectivity index (χ2n) is 1.19. The Balaban J connectivity index is 3.13. The number of hydrogen-bond acceptors (Lipinski definition) is 2. The molecular weight excluding hydrogens is 104 g/mol. The van der Waals surface area contributed by atoms with Crippen molar-refractivity contribution in [3.63, 3.8) is 0 Å². The van der Waals surface area contributed by atoms with E-state index in [0.29, 0.717) is 6.29 Å². The SMILES string of the molecule is C#CCOC([CH2])C=O. The van der Waals surface area contributed by atoms with Crippen LogP contribution in [0.3, 0.4) is 0 Å². The fourth-order valence-electron chi connectivity index (χ4n) is 0.194. The molecule has 0 saturated heterocycles. The second-order valence-corrected chi connectivity index (χ2v) is 1.19. The van der Waals surface area contributed by atoms with Crippen LogP contribution >= 0.6 is 0 Å². The van der Waals surface area contributed by atoms with Crippen molar-refractivity contribution < 1.29 is 9.53 Å². The van der Waals surface area contributed by atoms with Crippen LogP contribution in [-0.4, -0.2) is 19.0 Å². The van der Waals surface area contributed by atoms with E-state index in [0.717, 1.165) is 0 Å². The molecule has 0 aliphatic rings. The van der Waals surface area contributed by atoms with Crippen molar-refractivity contribution >= 4 is 6.29 Å². The Kier molecular flexibility index (Phi) is 3.91. The molecule has 0 bridgehead atoms. The summed E-state index contributed by atoms with van der Waals surface area (Å²) in [7, 11) is 0. The molecule has 0 fully saturated rings. The predicted molar refractivity (Wildman–Crippen MR) is 30.0 cm³/mol. The van der Waals surface area contributed by atoms with Gasteiger partial charge in [-0.15, -0.1) is 6.42 Å². The Bertz CT molecular complexity index is 102. The summed E-state index contributed by atoms with van der Waals surface area (Å²) in [6, 6.07) is 0. The summed E-state index contributed by atoms with van der Waals surface area (Å²) in [6.07, 6.45) is 4.79. The van der Waals surface area contributed by atoms with Crippen molar-refractivity contribution in [1.82, 2.24) is 0 Å². The van der Waals surface area contributed by atoms with E-state index >= 15 is 0 Å². The maximum Gasteiger partial charge on any atom is 0.148 e. The molecule has 0 aromatic carbocycles. The molecular formula is C6H7O2. The average Bonchev–Trinajstić information content (AvgIpc) is 1.83. The van der Waals surface area contributed by atoms with Crippen LogP contribution in [-0.2, 0) is 9.53 Å². The molecule has 0 N–H and O–H groups in total. The van der Waals surface area contributed by atoms with Crippen LogP contribution in [0.1, 0.15) is 0 Å². The zero-order valence-electron chi connectivity index (χ0n) is 4.46. The highest BCUT2D eigenvalue weighted by molar-refractivity contribution is 5.56. The van der Waals surface area contributed by atoms with E-state index in [2.05, 4.69) is 17.6 Å². The molecule has 43 valence electrons. The van der Waals surface area contributed by atoms with Crippen LogP contribution < -0.4 is 0 Å². The highest BCUT2D eigenvalue weighted by Gasteiger charge is 1.93. The first-order chi connectivity index (χ1) is 3.81. The predicted octanol–water partition coefficient (Wildman–Crippen LogP) is 0.0378. The minimum atomic E-state index is -0.619. The number of ether oxygens (including phenoxy) is 1. The maximum atomic E-state index is 9.75. The first-order valence-electron chi connectivity index (χ1n) is 2.14. The van der Waals surface area contributed by atoms with Crippen molar-refractivity contribution in [3.8, 4) is 12.3 Å². The van der Waals surface area contributed by atoms with Crippen molar-refractivity contribution in [2.45, 2.75) is 6.10 Å². The summed E-state index contributed by atoms with van der Waals surface area (Å²) < 4.78 is 4.62. The Morgan fingerprint density at radius 1 is 2.00 bits per heavy atom. The summed E-state index contributed by atoms with van der Waals surface area (Å²) in [5.74, 6) is 2.21. The van der Waals surface area contributed by atoms with Gasteiger partial charge in [-0.2, -0.15) is 0 Å². The van der Waals surface area contributed by atoms with E-state index < -0.39 is 6.10 Å². The standard InChI is InChI=1S/C6H7O2/c1-3-4-8-6(2)5-7/h1,5-6H,2,4H2. The van der Waals surface area contributed by atoms with Crippen LogP contribution in [0.4, 0.5) is 0 Å². The van der Waals surface area contributed by atoms with E-state index in [-0.39, 0.29) is 6.61 Å². The lowest BCUT2D eigenvalue weighted by atomic mass is 10.5. The number of terminal acetylenes is 1. The zero-order valence-corrected chi connectivity index (χ0v) is 4.46. The van der Waals surface area contributed by atoms with Gasteiger partial charge in [0.25, 0.3) is 0 Å². The van der Waals surface area contributed by atoms with Crippen LogP contribution in [0.15, 0.2) is 0 Å². The molecule has 0 aliphatic heterocycles. The Labute approximate surface area is 48.8 Å². The van der Waals surface area contributed by atoms with Gasteiger partial charge in [0.15, 0.2) is 0 Å². The third kappa shape index (κ3) is 3.38. The van der Waals surface area contributed by atoms with Gasteiger partial charge in [-0.25, -0.2) is 0 Å². The largest absolute Gasteiger partial charge is 0.358 e. The van der Waals surface area contributed by atoms with E-state index in [1.54, 1.807) is 0 Å². The van der Waals surface area contributed by atoms with Crippen LogP contribution in [0.5, 0.6) is 0 Å². The molecule has 0 spiro atoms. The molecule has 0 rings (SSSR count). The first-order valence-corrected chi connectivity index (χ1v) is 2.14. The van der Waals surface area contributed by atoms with Crippen molar-refractivity contribution in [2.24, 2.45) is 0 Å². The first kappa shape index (κ1) is 7.19. The van der Waals surface area contributed by atoms with Crippen LogP contribution in [0.25, 0.3) is 0 Å². The van der Waals surface area contributed by atoms with Crippen molar-refractivity contribution in [1.29, 1.82) is 0 Å². The molecule has 0 heterocycles. The van der Waals surface area contributed by atoms with Gasteiger partial charge in [0.05, 0.1) is 0 Å². The molecule has 0 aromatic heterocycles. The van der Waals surface area contributed by atoms with E-state index in [9.17, 15) is 4.79 Å². The number of carbonyl (C=O) groups excluding carboxylic acids is 1. The Morgan fingerprint density at radius 3 is 3.00 bits per heavy atom. The molecule has 1 atom stereocenters. The summed E-state index contributed by atoms with van der Waals surface area (Å²) in [5, 5.41) is 0. The Morgan fingerprint density at radius 2 is 2.62 bits per heavy atom. The summed E-state index contributed by atoms with van der Waals surface area (Å²) in [4.78, 5) is 9.75. The van der Waals surface area contributed by atoms with Crippen LogP contribution in [0.2, 0.25) is 0 Å². The van der Waals surface area contributed by atoms with Gasteiger partial charge < -0.3 is 9.53 Å². The van der Waals surface area contributed by atoms with Gasteiger partial charge in [0.1, 0.15) is 19.0 Å². The lowest BCUT2D eigenvalue weighted by Gasteiger charge is -1.98. The Hall–Kier alpha value is -0.810. The molecule has 0 saturated carbocycles. The smallest absolute Gasteiger partial charge is 0.148 e. The molecule has 1 radical (unpaired) electrons. The molecule has 0 aromatic rings. The third-order valence-corrected chi connectivity index (χ3v) is 0.533. The van der Waals surface area contributed by atoms with Gasteiger partial charge in [0.2, 0.25) is 0 Å². The molecule has 1 unspecified atom stereocenters. The second kappa shape index (κ2) is 4.35. The van der Waals surface area contributed by atoms with Gasteiger partial charge in [0, 0.05) is 0 Å². The summed E-state index contributed by atoms with van der Waals surface area (Å²) in [6.45, 7) is 3.45. The van der Waals surface area contributed by atoms with Crippen LogP contribution in [0, 0.1) is 19.3 Å². The number of hydrogen-bond donors (Lipinski definition) is 0. The number of aldehydes is 1. The summed E-state index contributed by atoms with van der Waals surface area (Å²) >= 11 is 0. The minimum absolute atomic E-state index is 0.146. The van der Waals surface area contributed by atoms with E-state index in [1.807, 2.05) is 0 Å². The molecule has 0 aliphatic carbocycles. The van der Waals surface area contributed by atoms with E-state index in [4.69, 9.17) is 6.42 Å². The molecule has 2 heteroatoms. The number of carbonyl (C=O) groups is 1. The fourth-order valence-corrected chi connectivity index (χ4v) is 0.194. The maximum absolute atomic E-state index is 9.75. The lowest BCUT2D eigenvalue weighted by Crippen LogP contribution is -2.09. The van der Waals surface area contributed by atoms with Crippen molar-refractivity contribution in [3.05, 3.63) is 6.92 Å². The zero-order chi connectivity index (χ0) is 6.41. The van der Waals surface area contributed by atoms with Gasteiger partial charge >= 0.3 is 0 Å². The van der Waals surface area contributed by atoms with Gasteiger partial charge in [-0.3, -0.25) is 0 Å². The number of rotatable bonds is 3. The quantitative estimate of drug-likeness (QED) is 0.379. The topological polar surface area (TPSA) is 26.3 Å². The van der Waals surface area contributed by atoms with Gasteiger partial charge in [-0.1, -0.05) is 5.92 Å². The third-order valence-electron chi connectivity index (χ3n) is 0.533. The fraction of sp³-hybridized carbons (Fsp3) is 0.333. The summed E-state index contributed by atoms with van der Waals surface area (Å²) in [5.41, 5.74) is 0.